The molecule has 0 spiro atoms. The van der Waals surface area contributed by atoms with Crippen LogP contribution >= 0.6 is 0 Å². The van der Waals surface area contributed by atoms with Crippen LogP contribution in [0.15, 0.2) is 18.2 Å². The van der Waals surface area contributed by atoms with Crippen LogP contribution in [-0.4, -0.2) is 32.1 Å². The van der Waals surface area contributed by atoms with Crippen molar-refractivity contribution in [1.29, 1.82) is 0 Å². The molecule has 0 aromatic heterocycles. The Bertz CT molecular complexity index is 418. The lowest BCUT2D eigenvalue weighted by molar-refractivity contribution is 0.101. The zero-order chi connectivity index (χ0) is 13.7. The minimum absolute atomic E-state index is 0.132. The summed E-state index contributed by atoms with van der Waals surface area (Å²) in [5, 5.41) is 0. The van der Waals surface area contributed by atoms with Gasteiger partial charge in [-0.05, 0) is 39.0 Å². The first-order chi connectivity index (χ1) is 8.47. The molecule has 0 aliphatic heterocycles. The topological polar surface area (TPSA) is 29.5 Å². The number of hydrogen-bond acceptors (Lipinski definition) is 3. The smallest absolute Gasteiger partial charge is 0.161 e. The highest BCUT2D eigenvalue weighted by atomic mass is 19.1. The van der Waals surface area contributed by atoms with Crippen LogP contribution in [0.2, 0.25) is 0 Å². The molecule has 0 aliphatic carbocycles. The van der Waals surface area contributed by atoms with Gasteiger partial charge in [0.25, 0.3) is 0 Å². The molecule has 0 saturated heterocycles. The summed E-state index contributed by atoms with van der Waals surface area (Å²) in [7, 11) is 1.63. The predicted octanol–water partition coefficient (Wildman–Crippen LogP) is 2.89. The van der Waals surface area contributed by atoms with Crippen molar-refractivity contribution in [1.82, 2.24) is 0 Å². The maximum Gasteiger partial charge on any atom is 0.161 e. The number of carbonyl (C=O) groups excluding carboxylic acids is 1. The molecule has 1 aromatic rings. The number of ketones is 1. The first-order valence-electron chi connectivity index (χ1n) is 6.03. The van der Waals surface area contributed by atoms with Gasteiger partial charge in [-0.15, -0.1) is 0 Å². The van der Waals surface area contributed by atoms with Crippen LogP contribution in [0.4, 0.5) is 10.1 Å². The van der Waals surface area contributed by atoms with Crippen LogP contribution in [0.25, 0.3) is 0 Å². The molecule has 100 valence electrons. The van der Waals surface area contributed by atoms with Crippen molar-refractivity contribution >= 4 is 11.5 Å². The highest BCUT2D eigenvalue weighted by Crippen LogP contribution is 2.24. The lowest BCUT2D eigenvalue weighted by atomic mass is 10.1. The molecule has 0 bridgehead atoms. The molecule has 0 atom stereocenters. The van der Waals surface area contributed by atoms with Crippen molar-refractivity contribution in [3.05, 3.63) is 29.6 Å². The van der Waals surface area contributed by atoms with E-state index in [2.05, 4.69) is 0 Å². The second-order valence-electron chi connectivity index (χ2n) is 4.50. The third-order valence-corrected chi connectivity index (χ3v) is 2.81. The molecule has 0 aliphatic rings. The van der Waals surface area contributed by atoms with Crippen molar-refractivity contribution in [3.8, 4) is 0 Å². The third kappa shape index (κ3) is 3.53. The highest BCUT2D eigenvalue weighted by Gasteiger charge is 2.17. The molecule has 3 nitrogen and oxygen atoms in total. The lowest BCUT2D eigenvalue weighted by Crippen LogP contribution is -2.34. The lowest BCUT2D eigenvalue weighted by Gasteiger charge is -2.30. The maximum absolute atomic E-state index is 13.2. The zero-order valence-corrected chi connectivity index (χ0v) is 11.4. The van der Waals surface area contributed by atoms with E-state index in [1.807, 2.05) is 18.7 Å². The Morgan fingerprint density at radius 1 is 1.44 bits per heavy atom. The minimum Gasteiger partial charge on any atom is -0.383 e. The summed E-state index contributed by atoms with van der Waals surface area (Å²) in [5.41, 5.74) is 1.18. The molecule has 1 rings (SSSR count). The summed E-state index contributed by atoms with van der Waals surface area (Å²) in [4.78, 5) is 13.6. The predicted molar refractivity (Wildman–Crippen MR) is 70.8 cm³/mol. The fourth-order valence-electron chi connectivity index (χ4n) is 1.89. The van der Waals surface area contributed by atoms with Gasteiger partial charge in [0.15, 0.2) is 5.78 Å². The van der Waals surface area contributed by atoms with Gasteiger partial charge in [-0.3, -0.25) is 4.79 Å². The minimum atomic E-state index is -0.389. The number of Topliss-reactive ketones (excluding diaryl/α,β-unsaturated/α-hetero) is 1. The fourth-order valence-corrected chi connectivity index (χ4v) is 1.89. The van der Waals surface area contributed by atoms with Crippen LogP contribution in [0.3, 0.4) is 0 Å². The van der Waals surface area contributed by atoms with Gasteiger partial charge >= 0.3 is 0 Å². The van der Waals surface area contributed by atoms with E-state index in [4.69, 9.17) is 4.74 Å². The van der Waals surface area contributed by atoms with Gasteiger partial charge < -0.3 is 9.64 Å². The van der Waals surface area contributed by atoms with Gasteiger partial charge in [-0.25, -0.2) is 4.39 Å². The Balaban J connectivity index is 3.14. The van der Waals surface area contributed by atoms with Crippen LogP contribution in [0.5, 0.6) is 0 Å². The Kier molecular flexibility index (Phi) is 5.28. The van der Waals surface area contributed by atoms with Gasteiger partial charge in [0, 0.05) is 30.9 Å². The van der Waals surface area contributed by atoms with Crippen molar-refractivity contribution in [2.45, 2.75) is 26.8 Å². The Morgan fingerprint density at radius 2 is 2.11 bits per heavy atom. The summed E-state index contributed by atoms with van der Waals surface area (Å²) >= 11 is 0. The number of carbonyl (C=O) groups is 1. The SMILES string of the molecule is COCCN(c1ccc(F)cc1C(C)=O)C(C)C. The van der Waals surface area contributed by atoms with Crippen molar-refractivity contribution < 1.29 is 13.9 Å². The molecule has 4 heteroatoms. The first-order valence-corrected chi connectivity index (χ1v) is 6.03. The monoisotopic (exact) mass is 253 g/mol. The number of ether oxygens (including phenoxy) is 1. The van der Waals surface area contributed by atoms with Crippen molar-refractivity contribution in [3.63, 3.8) is 0 Å². The summed E-state index contributed by atoms with van der Waals surface area (Å²) < 4.78 is 18.3. The fraction of sp³-hybridized carbons (Fsp3) is 0.500. The number of rotatable bonds is 6. The number of halogens is 1. The Morgan fingerprint density at radius 3 is 2.61 bits per heavy atom. The third-order valence-electron chi connectivity index (χ3n) is 2.81. The van der Waals surface area contributed by atoms with Crippen molar-refractivity contribution in [2.75, 3.05) is 25.2 Å². The van der Waals surface area contributed by atoms with E-state index in [1.54, 1.807) is 13.2 Å². The van der Waals surface area contributed by atoms with Crippen LogP contribution < -0.4 is 4.90 Å². The molecule has 0 amide bonds. The van der Waals surface area contributed by atoms with Crippen LogP contribution in [0.1, 0.15) is 31.1 Å². The second kappa shape index (κ2) is 6.50. The first kappa shape index (κ1) is 14.6. The number of hydrogen-bond donors (Lipinski definition) is 0. The highest BCUT2D eigenvalue weighted by molar-refractivity contribution is 5.99. The summed E-state index contributed by atoms with van der Waals surface area (Å²) in [6.07, 6.45) is 0. The number of nitrogens with zero attached hydrogens (tertiary/aromatic N) is 1. The van der Waals surface area contributed by atoms with Gasteiger partial charge in [0.1, 0.15) is 5.82 Å². The average molecular weight is 253 g/mol. The largest absolute Gasteiger partial charge is 0.383 e. The maximum atomic E-state index is 13.2. The van der Waals surface area contributed by atoms with Gasteiger partial charge in [-0.1, -0.05) is 0 Å². The van der Waals surface area contributed by atoms with E-state index in [0.29, 0.717) is 18.7 Å². The summed E-state index contributed by atoms with van der Waals surface area (Å²) in [5.74, 6) is -0.521. The zero-order valence-electron chi connectivity index (χ0n) is 11.4. The average Bonchev–Trinajstić information content (AvgIpc) is 2.30. The van der Waals surface area contributed by atoms with E-state index in [9.17, 15) is 9.18 Å². The molecule has 18 heavy (non-hydrogen) atoms. The molecule has 1 aromatic carbocycles. The quantitative estimate of drug-likeness (QED) is 0.730. The number of methoxy groups -OCH3 is 1. The van der Waals surface area contributed by atoms with Gasteiger partial charge in [-0.2, -0.15) is 0 Å². The van der Waals surface area contributed by atoms with E-state index < -0.39 is 0 Å². The molecule has 0 fully saturated rings. The number of benzene rings is 1. The number of anilines is 1. The molecule has 0 heterocycles. The van der Waals surface area contributed by atoms with Crippen LogP contribution in [-0.2, 0) is 4.74 Å². The van der Waals surface area contributed by atoms with E-state index in [-0.39, 0.29) is 17.6 Å². The van der Waals surface area contributed by atoms with Gasteiger partial charge in [0.05, 0.1) is 6.61 Å². The molecule has 0 radical (unpaired) electrons. The molecular weight excluding hydrogens is 233 g/mol. The molecule has 0 saturated carbocycles. The summed E-state index contributed by atoms with van der Waals surface area (Å²) in [6, 6.07) is 4.54. The molecule has 0 N–H and O–H groups in total. The van der Waals surface area contributed by atoms with Crippen molar-refractivity contribution in [2.24, 2.45) is 0 Å². The van der Waals surface area contributed by atoms with E-state index in [0.717, 1.165) is 5.69 Å². The summed E-state index contributed by atoms with van der Waals surface area (Å²) in [6.45, 7) is 6.74. The second-order valence-corrected chi connectivity index (χ2v) is 4.50. The van der Waals surface area contributed by atoms with Gasteiger partial charge in [0.2, 0.25) is 0 Å². The standard InChI is InChI=1S/C14H20FNO2/c1-10(2)16(7-8-18-4)14-6-5-12(15)9-13(14)11(3)17/h5-6,9-10H,7-8H2,1-4H3. The normalized spacial score (nSPS) is 10.8. The van der Waals surface area contributed by atoms with Crippen LogP contribution in [0, 0.1) is 5.82 Å². The Hall–Kier alpha value is -1.42. The molecule has 0 unspecified atom stereocenters. The van der Waals surface area contributed by atoms with E-state index in [1.165, 1.54) is 19.1 Å². The molecular formula is C14H20FNO2. The van der Waals surface area contributed by atoms with E-state index >= 15 is 0 Å². The Labute approximate surface area is 108 Å².